The van der Waals surface area contributed by atoms with E-state index in [-0.39, 0.29) is 5.91 Å². The maximum atomic E-state index is 11.4. The van der Waals surface area contributed by atoms with E-state index in [2.05, 4.69) is 17.3 Å². The average molecular weight is 245 g/mol. The highest BCUT2D eigenvalue weighted by molar-refractivity contribution is 7.98. The van der Waals surface area contributed by atoms with Gasteiger partial charge in [-0.1, -0.05) is 13.8 Å². The van der Waals surface area contributed by atoms with E-state index in [4.69, 9.17) is 5.84 Å². The Kier molecular flexibility index (Phi) is 5.07. The van der Waals surface area contributed by atoms with Gasteiger partial charge in [-0.15, -0.1) is 11.3 Å². The van der Waals surface area contributed by atoms with Gasteiger partial charge in [-0.05, 0) is 12.2 Å². The van der Waals surface area contributed by atoms with Gasteiger partial charge in [0.25, 0.3) is 5.91 Å². The topological polar surface area (TPSA) is 68.0 Å². The van der Waals surface area contributed by atoms with Crippen molar-refractivity contribution < 1.29 is 4.79 Å². The van der Waals surface area contributed by atoms with Gasteiger partial charge in [0.1, 0.15) is 9.88 Å². The summed E-state index contributed by atoms with van der Waals surface area (Å²) in [6, 6.07) is 0. The Morgan fingerprint density at radius 2 is 2.33 bits per heavy atom. The molecule has 1 amide bonds. The predicted molar refractivity (Wildman–Crippen MR) is 65.0 cm³/mol. The van der Waals surface area contributed by atoms with Crippen LogP contribution in [0.5, 0.6) is 0 Å². The highest BCUT2D eigenvalue weighted by Gasteiger charge is 2.15. The molecule has 0 unspecified atom stereocenters. The third-order valence-electron chi connectivity index (χ3n) is 1.84. The van der Waals surface area contributed by atoms with Crippen molar-refractivity contribution >= 4 is 29.0 Å². The molecule has 6 heteroatoms. The number of amides is 1. The summed E-state index contributed by atoms with van der Waals surface area (Å²) in [5.74, 6) is 6.79. The molecule has 0 saturated carbocycles. The molecule has 15 heavy (non-hydrogen) atoms. The number of aryl methyl sites for hydroxylation is 1. The summed E-state index contributed by atoms with van der Waals surface area (Å²) in [7, 11) is 0. The van der Waals surface area contributed by atoms with Gasteiger partial charge in [0.15, 0.2) is 0 Å². The third-order valence-corrected chi connectivity index (χ3v) is 4.01. The highest BCUT2D eigenvalue weighted by Crippen LogP contribution is 2.22. The summed E-state index contributed by atoms with van der Waals surface area (Å²) in [4.78, 5) is 16.5. The first-order valence-corrected chi connectivity index (χ1v) is 6.77. The van der Waals surface area contributed by atoms with Crippen LogP contribution in [0.2, 0.25) is 0 Å². The van der Waals surface area contributed by atoms with Crippen molar-refractivity contribution in [2.45, 2.75) is 26.0 Å². The predicted octanol–water partition coefficient (Wildman–Crippen LogP) is 1.56. The highest BCUT2D eigenvalue weighted by atomic mass is 32.2. The number of hydrazine groups is 1. The van der Waals surface area contributed by atoms with Gasteiger partial charge in [-0.3, -0.25) is 10.2 Å². The van der Waals surface area contributed by atoms with Crippen LogP contribution < -0.4 is 11.3 Å². The molecule has 3 N–H and O–H groups in total. The Balaban J connectivity index is 2.85. The lowest BCUT2D eigenvalue weighted by Gasteiger charge is -1.95. The fraction of sp³-hybridized carbons (Fsp3) is 0.556. The number of nitrogens with two attached hydrogens (primary N) is 1. The molecule has 0 aliphatic heterocycles. The number of hydrogen-bond donors (Lipinski definition) is 2. The molecule has 1 aromatic rings. The third kappa shape index (κ3) is 3.19. The number of nitrogens with zero attached hydrogens (tertiary/aromatic N) is 1. The fourth-order valence-electron chi connectivity index (χ4n) is 1.13. The molecular formula is C9H15N3OS2. The minimum atomic E-state index is -0.239. The van der Waals surface area contributed by atoms with Gasteiger partial charge >= 0.3 is 0 Å². The standard InChI is InChI=1S/C9H15N3OS2/c1-3-6-8(9(13)12-10)15-7(11-6)5-14-4-2/h3-5,10H2,1-2H3,(H,12,13). The van der Waals surface area contributed by atoms with E-state index in [9.17, 15) is 4.79 Å². The quantitative estimate of drug-likeness (QED) is 0.469. The molecule has 0 radical (unpaired) electrons. The Morgan fingerprint density at radius 3 is 2.87 bits per heavy atom. The van der Waals surface area contributed by atoms with E-state index in [0.717, 1.165) is 28.6 Å². The molecule has 0 aliphatic rings. The van der Waals surface area contributed by atoms with Crippen LogP contribution in [0.3, 0.4) is 0 Å². The zero-order chi connectivity index (χ0) is 11.3. The second-order valence-electron chi connectivity index (χ2n) is 2.85. The number of carbonyl (C=O) groups excluding carboxylic acids is 1. The van der Waals surface area contributed by atoms with E-state index in [1.807, 2.05) is 6.92 Å². The number of rotatable bonds is 5. The lowest BCUT2D eigenvalue weighted by Crippen LogP contribution is -2.30. The lowest BCUT2D eigenvalue weighted by molar-refractivity contribution is 0.0956. The first-order chi connectivity index (χ1) is 7.22. The number of aromatic nitrogens is 1. The largest absolute Gasteiger partial charge is 0.289 e. The maximum Gasteiger partial charge on any atom is 0.277 e. The van der Waals surface area contributed by atoms with Crippen LogP contribution in [-0.2, 0) is 12.2 Å². The summed E-state index contributed by atoms with van der Waals surface area (Å²) in [5.41, 5.74) is 2.99. The average Bonchev–Trinajstić information content (AvgIpc) is 2.68. The number of thiazole rings is 1. The summed E-state index contributed by atoms with van der Waals surface area (Å²) < 4.78 is 0. The van der Waals surface area contributed by atoms with Gasteiger partial charge in [-0.2, -0.15) is 11.8 Å². The summed E-state index contributed by atoms with van der Waals surface area (Å²) in [5, 5.41) is 0.998. The van der Waals surface area contributed by atoms with Crippen LogP contribution in [0, 0.1) is 0 Å². The maximum absolute atomic E-state index is 11.4. The van der Waals surface area contributed by atoms with Crippen LogP contribution >= 0.6 is 23.1 Å². The molecule has 0 spiro atoms. The molecule has 0 saturated heterocycles. The Hall–Kier alpha value is -0.590. The van der Waals surface area contributed by atoms with Crippen molar-refractivity contribution in [2.24, 2.45) is 5.84 Å². The summed E-state index contributed by atoms with van der Waals surface area (Å²) in [6.07, 6.45) is 0.760. The van der Waals surface area contributed by atoms with E-state index in [1.165, 1.54) is 11.3 Å². The van der Waals surface area contributed by atoms with Gasteiger partial charge in [-0.25, -0.2) is 10.8 Å². The van der Waals surface area contributed by atoms with Gasteiger partial charge in [0.2, 0.25) is 0 Å². The molecule has 1 aromatic heterocycles. The number of hydrogen-bond acceptors (Lipinski definition) is 5. The molecule has 1 heterocycles. The zero-order valence-electron chi connectivity index (χ0n) is 8.87. The second kappa shape index (κ2) is 6.09. The zero-order valence-corrected chi connectivity index (χ0v) is 10.5. The number of nitrogen functional groups attached to an aromatic ring is 1. The minimum Gasteiger partial charge on any atom is -0.289 e. The molecule has 0 atom stereocenters. The molecule has 0 fully saturated rings. The normalized spacial score (nSPS) is 10.3. The van der Waals surface area contributed by atoms with Crippen molar-refractivity contribution in [1.29, 1.82) is 0 Å². The lowest BCUT2D eigenvalue weighted by atomic mass is 10.3. The minimum absolute atomic E-state index is 0.239. The first-order valence-electron chi connectivity index (χ1n) is 4.80. The molecule has 84 valence electrons. The molecule has 0 aliphatic carbocycles. The van der Waals surface area contributed by atoms with Crippen LogP contribution in [0.4, 0.5) is 0 Å². The Labute approximate surface area is 97.6 Å². The van der Waals surface area contributed by atoms with Crippen molar-refractivity contribution in [3.8, 4) is 0 Å². The van der Waals surface area contributed by atoms with E-state index >= 15 is 0 Å². The Morgan fingerprint density at radius 1 is 1.60 bits per heavy atom. The van der Waals surface area contributed by atoms with Gasteiger partial charge in [0, 0.05) is 5.75 Å². The van der Waals surface area contributed by atoms with Crippen LogP contribution in [-0.4, -0.2) is 16.6 Å². The van der Waals surface area contributed by atoms with Crippen LogP contribution in [0.15, 0.2) is 0 Å². The number of nitrogens with one attached hydrogen (secondary N) is 1. The summed E-state index contributed by atoms with van der Waals surface area (Å²) >= 11 is 3.23. The Bertz CT molecular complexity index is 338. The van der Waals surface area contributed by atoms with Gasteiger partial charge in [0.05, 0.1) is 5.69 Å². The summed E-state index contributed by atoms with van der Waals surface area (Å²) in [6.45, 7) is 4.09. The van der Waals surface area contributed by atoms with Crippen molar-refractivity contribution in [3.63, 3.8) is 0 Å². The second-order valence-corrected chi connectivity index (χ2v) is 5.21. The first kappa shape index (κ1) is 12.5. The van der Waals surface area contributed by atoms with E-state index in [0.29, 0.717) is 4.88 Å². The van der Waals surface area contributed by atoms with Crippen molar-refractivity contribution in [2.75, 3.05) is 5.75 Å². The van der Waals surface area contributed by atoms with E-state index in [1.54, 1.807) is 11.8 Å². The van der Waals surface area contributed by atoms with E-state index < -0.39 is 0 Å². The molecule has 4 nitrogen and oxygen atoms in total. The van der Waals surface area contributed by atoms with Gasteiger partial charge < -0.3 is 0 Å². The molecule has 0 bridgehead atoms. The number of thioether (sulfide) groups is 1. The monoisotopic (exact) mass is 245 g/mol. The van der Waals surface area contributed by atoms with Crippen LogP contribution in [0.1, 0.15) is 34.2 Å². The molecule has 1 rings (SSSR count). The van der Waals surface area contributed by atoms with Crippen molar-refractivity contribution in [3.05, 3.63) is 15.6 Å². The molecule has 0 aromatic carbocycles. The van der Waals surface area contributed by atoms with Crippen molar-refractivity contribution in [1.82, 2.24) is 10.4 Å². The molecular weight excluding hydrogens is 230 g/mol. The SMILES string of the molecule is CCSCc1nc(CC)c(C(=O)NN)s1. The number of carbonyl (C=O) groups is 1. The fourth-order valence-corrected chi connectivity index (χ4v) is 2.91. The smallest absolute Gasteiger partial charge is 0.277 e. The van der Waals surface area contributed by atoms with Crippen LogP contribution in [0.25, 0.3) is 0 Å².